The first-order chi connectivity index (χ1) is 8.42. The third kappa shape index (κ3) is 5.69. The molecule has 1 aromatic rings. The Bertz CT molecular complexity index is 402. The van der Waals surface area contributed by atoms with Crippen molar-refractivity contribution in [2.24, 2.45) is 0 Å². The van der Waals surface area contributed by atoms with Gasteiger partial charge in [0.15, 0.2) is 0 Å². The Labute approximate surface area is 119 Å². The van der Waals surface area contributed by atoms with Gasteiger partial charge in [-0.15, -0.1) is 11.8 Å². The van der Waals surface area contributed by atoms with Crippen LogP contribution in [0.3, 0.4) is 0 Å². The lowest BCUT2D eigenvalue weighted by atomic mass is 10.2. The standard InChI is InChI=1S/C13H20N2OS2/c1-13(2,17)9-15-12(16)8-14-10-6-4-5-7-11(10)18-3/h4-7,14,17H,8-9H2,1-3H3,(H,15,16). The maximum atomic E-state index is 11.6. The van der Waals surface area contributed by atoms with Gasteiger partial charge >= 0.3 is 0 Å². The highest BCUT2D eigenvalue weighted by molar-refractivity contribution is 7.98. The summed E-state index contributed by atoms with van der Waals surface area (Å²) >= 11 is 6.02. The number of nitrogens with one attached hydrogen (secondary N) is 2. The second kappa shape index (κ2) is 6.95. The maximum Gasteiger partial charge on any atom is 0.239 e. The van der Waals surface area contributed by atoms with E-state index in [0.717, 1.165) is 10.6 Å². The molecule has 0 fully saturated rings. The quantitative estimate of drug-likeness (QED) is 0.556. The number of benzene rings is 1. The lowest BCUT2D eigenvalue weighted by Gasteiger charge is -2.18. The third-order valence-corrected chi connectivity index (χ3v) is 3.22. The summed E-state index contributed by atoms with van der Waals surface area (Å²) in [7, 11) is 0. The Kier molecular flexibility index (Phi) is 5.88. The first-order valence-electron chi connectivity index (χ1n) is 5.78. The molecule has 0 aliphatic rings. The molecule has 0 spiro atoms. The number of hydrogen-bond donors (Lipinski definition) is 3. The van der Waals surface area contributed by atoms with Crippen molar-refractivity contribution in [3.63, 3.8) is 0 Å². The van der Waals surface area contributed by atoms with Crippen LogP contribution in [0.15, 0.2) is 29.2 Å². The van der Waals surface area contributed by atoms with E-state index in [1.54, 1.807) is 11.8 Å². The molecule has 0 atom stereocenters. The monoisotopic (exact) mass is 284 g/mol. The van der Waals surface area contributed by atoms with Crippen molar-refractivity contribution in [3.05, 3.63) is 24.3 Å². The van der Waals surface area contributed by atoms with Gasteiger partial charge in [0.1, 0.15) is 0 Å². The lowest BCUT2D eigenvalue weighted by molar-refractivity contribution is -0.119. The van der Waals surface area contributed by atoms with Crippen molar-refractivity contribution in [3.8, 4) is 0 Å². The topological polar surface area (TPSA) is 41.1 Å². The molecule has 1 aromatic carbocycles. The van der Waals surface area contributed by atoms with Crippen LogP contribution in [0.2, 0.25) is 0 Å². The molecule has 0 bridgehead atoms. The predicted octanol–water partition coefficient (Wildman–Crippen LogP) is 2.65. The second-order valence-corrected chi connectivity index (χ2v) is 6.70. The largest absolute Gasteiger partial charge is 0.375 e. The van der Waals surface area contributed by atoms with Crippen LogP contribution < -0.4 is 10.6 Å². The zero-order valence-electron chi connectivity index (χ0n) is 11.0. The van der Waals surface area contributed by atoms with Crippen LogP contribution in [0, 0.1) is 0 Å². The van der Waals surface area contributed by atoms with Gasteiger partial charge in [0.25, 0.3) is 0 Å². The SMILES string of the molecule is CSc1ccccc1NCC(=O)NCC(C)(C)S. The van der Waals surface area contributed by atoms with Gasteiger partial charge in [0.2, 0.25) is 5.91 Å². The zero-order valence-corrected chi connectivity index (χ0v) is 12.7. The van der Waals surface area contributed by atoms with Gasteiger partial charge in [-0.3, -0.25) is 4.79 Å². The molecule has 1 rings (SSSR count). The Morgan fingerprint density at radius 3 is 2.67 bits per heavy atom. The number of hydrogen-bond acceptors (Lipinski definition) is 4. The van der Waals surface area contributed by atoms with Crippen LogP contribution in [0.1, 0.15) is 13.8 Å². The minimum Gasteiger partial charge on any atom is -0.375 e. The number of thioether (sulfide) groups is 1. The summed E-state index contributed by atoms with van der Waals surface area (Å²) in [5, 5.41) is 5.99. The van der Waals surface area contributed by atoms with Crippen LogP contribution >= 0.6 is 24.4 Å². The highest BCUT2D eigenvalue weighted by Gasteiger charge is 2.12. The van der Waals surface area contributed by atoms with Gasteiger partial charge in [0.05, 0.1) is 6.54 Å². The predicted molar refractivity (Wildman–Crippen MR) is 82.8 cm³/mol. The molecule has 5 heteroatoms. The molecule has 18 heavy (non-hydrogen) atoms. The van der Waals surface area contributed by atoms with Gasteiger partial charge in [-0.1, -0.05) is 12.1 Å². The van der Waals surface area contributed by atoms with Crippen molar-refractivity contribution in [2.45, 2.75) is 23.5 Å². The molecule has 0 aliphatic carbocycles. The van der Waals surface area contributed by atoms with Crippen molar-refractivity contribution in [1.82, 2.24) is 5.32 Å². The van der Waals surface area contributed by atoms with Crippen molar-refractivity contribution < 1.29 is 4.79 Å². The van der Waals surface area contributed by atoms with E-state index in [4.69, 9.17) is 0 Å². The highest BCUT2D eigenvalue weighted by atomic mass is 32.2. The minimum atomic E-state index is -0.188. The number of carbonyl (C=O) groups is 1. The Morgan fingerprint density at radius 1 is 1.39 bits per heavy atom. The van der Waals surface area contributed by atoms with Crippen LogP contribution in [-0.2, 0) is 4.79 Å². The fourth-order valence-electron chi connectivity index (χ4n) is 1.34. The van der Waals surface area contributed by atoms with E-state index in [0.29, 0.717) is 6.54 Å². The highest BCUT2D eigenvalue weighted by Crippen LogP contribution is 2.24. The number of thiol groups is 1. The number of para-hydroxylation sites is 1. The number of rotatable bonds is 6. The second-order valence-electron chi connectivity index (χ2n) is 4.64. The first kappa shape index (κ1) is 15.2. The Hall–Kier alpha value is -0.810. The lowest BCUT2D eigenvalue weighted by Crippen LogP contribution is -2.37. The van der Waals surface area contributed by atoms with Gasteiger partial charge in [-0.05, 0) is 32.2 Å². The van der Waals surface area contributed by atoms with Gasteiger partial charge < -0.3 is 10.6 Å². The summed E-state index contributed by atoms with van der Waals surface area (Å²) in [6, 6.07) is 7.95. The molecular formula is C13H20N2OS2. The van der Waals surface area contributed by atoms with E-state index >= 15 is 0 Å². The minimum absolute atomic E-state index is 0.0203. The number of anilines is 1. The molecular weight excluding hydrogens is 264 g/mol. The van der Waals surface area contributed by atoms with Crippen molar-refractivity contribution >= 4 is 36.0 Å². The molecule has 0 saturated heterocycles. The summed E-state index contributed by atoms with van der Waals surface area (Å²) in [6.07, 6.45) is 2.02. The van der Waals surface area contributed by atoms with E-state index < -0.39 is 0 Å². The van der Waals surface area contributed by atoms with E-state index in [2.05, 4.69) is 23.3 Å². The average Bonchev–Trinajstić information content (AvgIpc) is 2.33. The summed E-state index contributed by atoms with van der Waals surface area (Å²) in [5.41, 5.74) is 0.991. The van der Waals surface area contributed by atoms with Gasteiger partial charge in [-0.2, -0.15) is 12.6 Å². The molecule has 0 radical (unpaired) electrons. The molecule has 0 aliphatic heterocycles. The molecule has 100 valence electrons. The zero-order chi connectivity index (χ0) is 13.6. The van der Waals surface area contributed by atoms with Gasteiger partial charge in [0, 0.05) is 21.9 Å². The number of amides is 1. The summed E-state index contributed by atoms with van der Waals surface area (Å²) in [4.78, 5) is 12.8. The average molecular weight is 284 g/mol. The third-order valence-electron chi connectivity index (χ3n) is 2.26. The molecule has 0 aromatic heterocycles. The molecule has 2 N–H and O–H groups in total. The summed E-state index contributed by atoms with van der Waals surface area (Å²) in [6.45, 7) is 4.77. The molecule has 0 heterocycles. The van der Waals surface area contributed by atoms with E-state index in [-0.39, 0.29) is 17.2 Å². The smallest absolute Gasteiger partial charge is 0.239 e. The van der Waals surface area contributed by atoms with Crippen molar-refractivity contribution in [1.29, 1.82) is 0 Å². The van der Waals surface area contributed by atoms with Gasteiger partial charge in [-0.25, -0.2) is 0 Å². The van der Waals surface area contributed by atoms with E-state index in [9.17, 15) is 4.79 Å². The number of carbonyl (C=O) groups excluding carboxylic acids is 1. The fraction of sp³-hybridized carbons (Fsp3) is 0.462. The van der Waals surface area contributed by atoms with Crippen molar-refractivity contribution in [2.75, 3.05) is 24.7 Å². The molecule has 0 saturated carbocycles. The molecule has 3 nitrogen and oxygen atoms in total. The van der Waals surface area contributed by atoms with Crippen LogP contribution in [0.5, 0.6) is 0 Å². The summed E-state index contributed by atoms with van der Waals surface area (Å²) in [5.74, 6) is -0.0203. The maximum absolute atomic E-state index is 11.6. The molecule has 1 amide bonds. The molecule has 0 unspecified atom stereocenters. The summed E-state index contributed by atoms with van der Waals surface area (Å²) < 4.78 is -0.188. The van der Waals surface area contributed by atoms with Crippen LogP contribution in [-0.4, -0.2) is 30.0 Å². The normalized spacial score (nSPS) is 11.1. The Morgan fingerprint density at radius 2 is 2.06 bits per heavy atom. The fourth-order valence-corrected chi connectivity index (χ4v) is 2.00. The van der Waals surface area contributed by atoms with Crippen LogP contribution in [0.4, 0.5) is 5.69 Å². The van der Waals surface area contributed by atoms with Crippen LogP contribution in [0.25, 0.3) is 0 Å². The Balaban J connectivity index is 2.43. The van der Waals surface area contributed by atoms with E-state index in [1.165, 1.54) is 0 Å². The van der Waals surface area contributed by atoms with E-state index in [1.807, 2.05) is 44.4 Å². The first-order valence-corrected chi connectivity index (χ1v) is 7.45.